The molecule has 0 aliphatic heterocycles. The number of anilines is 2. The van der Waals surface area contributed by atoms with E-state index in [0.29, 0.717) is 45.8 Å². The first-order valence-corrected chi connectivity index (χ1v) is 13.9. The highest BCUT2D eigenvalue weighted by molar-refractivity contribution is 6.05. The molecule has 9 nitrogen and oxygen atoms in total. The number of carbonyl (C=O) groups excluding carboxylic acids is 2. The van der Waals surface area contributed by atoms with Crippen LogP contribution < -0.4 is 15.4 Å². The number of benzene rings is 4. The van der Waals surface area contributed by atoms with Gasteiger partial charge in [-0.1, -0.05) is 30.3 Å². The molecule has 6 rings (SSSR count). The van der Waals surface area contributed by atoms with Crippen molar-refractivity contribution in [3.8, 4) is 11.5 Å². The second-order valence-corrected chi connectivity index (χ2v) is 9.72. The number of ether oxygens (including phenoxy) is 1. The fourth-order valence-corrected chi connectivity index (χ4v) is 4.33. The third-order valence-corrected chi connectivity index (χ3v) is 6.48. The van der Waals surface area contributed by atoms with Crippen LogP contribution in [0.1, 0.15) is 43.6 Å². The van der Waals surface area contributed by atoms with Crippen LogP contribution in [-0.4, -0.2) is 21.8 Å². The summed E-state index contributed by atoms with van der Waals surface area (Å²) in [6, 6.07) is 28.5. The second-order valence-electron chi connectivity index (χ2n) is 9.72. The van der Waals surface area contributed by atoms with E-state index in [1.54, 1.807) is 73.1 Å². The van der Waals surface area contributed by atoms with Gasteiger partial charge < -0.3 is 24.2 Å². The van der Waals surface area contributed by atoms with Crippen LogP contribution in [0.2, 0.25) is 0 Å². The van der Waals surface area contributed by atoms with Crippen LogP contribution in [0.5, 0.6) is 11.5 Å². The molecule has 0 fully saturated rings. The number of rotatable bonds is 10. The summed E-state index contributed by atoms with van der Waals surface area (Å²) in [5.41, 5.74) is 3.96. The Morgan fingerprint density at radius 2 is 1.13 bits per heavy atom. The summed E-state index contributed by atoms with van der Waals surface area (Å²) in [4.78, 5) is 34.0. The Labute approximate surface area is 258 Å². The maximum absolute atomic E-state index is 13.0. The van der Waals surface area contributed by atoms with E-state index in [9.17, 15) is 9.59 Å². The van der Waals surface area contributed by atoms with Crippen LogP contribution in [0.3, 0.4) is 0 Å². The standard InChI is InChI=1S/C36H26N4O5/c41-35(39-29-7-1-4-25(22-29)10-16-33-37-18-20-43-33)27-12-14-31(15-13-27)45-32-9-3-6-28(24-32)36(42)40-30-8-2-5-26(23-30)11-17-34-38-19-21-44-34/h1-24H,(H,39,41)(H,40,42)/b16-10+,17-11+. The lowest BCUT2D eigenvalue weighted by molar-refractivity contribution is 0.101. The van der Waals surface area contributed by atoms with Crippen molar-refractivity contribution in [1.29, 1.82) is 0 Å². The molecule has 0 saturated heterocycles. The van der Waals surface area contributed by atoms with E-state index in [0.717, 1.165) is 11.1 Å². The van der Waals surface area contributed by atoms with Gasteiger partial charge in [0, 0.05) is 34.7 Å². The normalized spacial score (nSPS) is 11.1. The van der Waals surface area contributed by atoms with E-state index >= 15 is 0 Å². The Balaban J connectivity index is 1.05. The van der Waals surface area contributed by atoms with Crippen LogP contribution in [0.15, 0.2) is 131 Å². The number of nitrogens with zero attached hydrogens (tertiary/aromatic N) is 2. The topological polar surface area (TPSA) is 119 Å². The maximum atomic E-state index is 13.0. The third kappa shape index (κ3) is 7.88. The molecule has 220 valence electrons. The van der Waals surface area contributed by atoms with Gasteiger partial charge in [0.05, 0.1) is 12.4 Å². The molecule has 0 saturated carbocycles. The lowest BCUT2D eigenvalue weighted by Crippen LogP contribution is -2.12. The number of nitrogens with one attached hydrogen (secondary N) is 2. The average molecular weight is 595 g/mol. The maximum Gasteiger partial charge on any atom is 0.255 e. The number of hydrogen-bond donors (Lipinski definition) is 2. The molecule has 0 unspecified atom stereocenters. The minimum absolute atomic E-state index is 0.258. The van der Waals surface area contributed by atoms with Crippen molar-refractivity contribution in [3.63, 3.8) is 0 Å². The molecule has 45 heavy (non-hydrogen) atoms. The molecule has 0 aliphatic rings. The predicted octanol–water partition coefficient (Wildman–Crippen LogP) is 8.30. The predicted molar refractivity (Wildman–Crippen MR) is 173 cm³/mol. The number of aromatic nitrogens is 2. The van der Waals surface area contributed by atoms with E-state index in [2.05, 4.69) is 20.6 Å². The van der Waals surface area contributed by atoms with Gasteiger partial charge in [-0.05, 0) is 90.0 Å². The monoisotopic (exact) mass is 594 g/mol. The molecular formula is C36H26N4O5. The fourth-order valence-electron chi connectivity index (χ4n) is 4.33. The van der Waals surface area contributed by atoms with E-state index in [4.69, 9.17) is 13.6 Å². The van der Waals surface area contributed by atoms with Crippen LogP contribution in [0, 0.1) is 0 Å². The quantitative estimate of drug-likeness (QED) is 0.164. The first-order chi connectivity index (χ1) is 22.1. The van der Waals surface area contributed by atoms with Gasteiger partial charge in [0.25, 0.3) is 11.8 Å². The number of amides is 2. The highest BCUT2D eigenvalue weighted by Gasteiger charge is 2.10. The third-order valence-electron chi connectivity index (χ3n) is 6.48. The van der Waals surface area contributed by atoms with Crippen molar-refractivity contribution in [2.45, 2.75) is 0 Å². The smallest absolute Gasteiger partial charge is 0.255 e. The van der Waals surface area contributed by atoms with Gasteiger partial charge in [-0.3, -0.25) is 9.59 Å². The summed E-state index contributed by atoms with van der Waals surface area (Å²) in [7, 11) is 0. The molecule has 0 atom stereocenters. The van der Waals surface area contributed by atoms with Gasteiger partial charge in [-0.2, -0.15) is 0 Å². The molecule has 6 aromatic rings. The van der Waals surface area contributed by atoms with Crippen LogP contribution in [0.4, 0.5) is 11.4 Å². The highest BCUT2D eigenvalue weighted by Crippen LogP contribution is 2.24. The summed E-state index contributed by atoms with van der Waals surface area (Å²) in [6.45, 7) is 0. The first-order valence-electron chi connectivity index (χ1n) is 13.9. The molecule has 2 aromatic heterocycles. The van der Waals surface area contributed by atoms with E-state index in [-0.39, 0.29) is 11.8 Å². The summed E-state index contributed by atoms with van der Waals surface area (Å²) >= 11 is 0. The molecule has 0 radical (unpaired) electrons. The van der Waals surface area contributed by atoms with Crippen LogP contribution in [0.25, 0.3) is 24.3 Å². The van der Waals surface area contributed by atoms with Gasteiger partial charge in [0.2, 0.25) is 11.8 Å². The van der Waals surface area contributed by atoms with E-state index in [1.165, 1.54) is 12.5 Å². The van der Waals surface area contributed by atoms with Crippen molar-refractivity contribution in [2.75, 3.05) is 10.6 Å². The number of oxazole rings is 2. The summed E-state index contributed by atoms with van der Waals surface area (Å²) in [5.74, 6) is 1.46. The summed E-state index contributed by atoms with van der Waals surface area (Å²) < 4.78 is 16.4. The summed E-state index contributed by atoms with van der Waals surface area (Å²) in [5, 5.41) is 5.83. The van der Waals surface area contributed by atoms with Crippen molar-refractivity contribution < 1.29 is 23.2 Å². The van der Waals surface area contributed by atoms with Gasteiger partial charge in [0.1, 0.15) is 24.0 Å². The molecule has 0 aliphatic carbocycles. The fraction of sp³-hybridized carbons (Fsp3) is 0. The Bertz CT molecular complexity index is 1960. The Kier molecular flexibility index (Phi) is 8.69. The van der Waals surface area contributed by atoms with Gasteiger partial charge in [-0.25, -0.2) is 9.97 Å². The zero-order valence-electron chi connectivity index (χ0n) is 23.8. The Morgan fingerprint density at radius 3 is 1.69 bits per heavy atom. The molecule has 2 heterocycles. The van der Waals surface area contributed by atoms with Crippen LogP contribution >= 0.6 is 0 Å². The largest absolute Gasteiger partial charge is 0.457 e. The van der Waals surface area contributed by atoms with Crippen molar-refractivity contribution in [3.05, 3.63) is 156 Å². The van der Waals surface area contributed by atoms with Crippen molar-refractivity contribution >= 4 is 47.5 Å². The number of carbonyl (C=O) groups is 2. The Morgan fingerprint density at radius 1 is 0.578 bits per heavy atom. The van der Waals surface area contributed by atoms with Crippen molar-refractivity contribution in [2.24, 2.45) is 0 Å². The van der Waals surface area contributed by atoms with Gasteiger partial charge in [0.15, 0.2) is 0 Å². The molecule has 9 heteroatoms. The van der Waals surface area contributed by atoms with E-state index < -0.39 is 0 Å². The molecule has 0 bridgehead atoms. The van der Waals surface area contributed by atoms with Gasteiger partial charge >= 0.3 is 0 Å². The molecule has 2 N–H and O–H groups in total. The van der Waals surface area contributed by atoms with Gasteiger partial charge in [-0.15, -0.1) is 0 Å². The zero-order chi connectivity index (χ0) is 30.8. The molecular weight excluding hydrogens is 568 g/mol. The molecule has 4 aromatic carbocycles. The Hall–Kier alpha value is -6.48. The zero-order valence-corrected chi connectivity index (χ0v) is 23.8. The molecule has 2 amide bonds. The SMILES string of the molecule is O=C(Nc1cccc(/C=C/c2ncco2)c1)c1ccc(Oc2cccc(C(=O)Nc3cccc(/C=C/c4ncco4)c3)c2)cc1. The minimum Gasteiger partial charge on any atom is -0.457 e. The highest BCUT2D eigenvalue weighted by atomic mass is 16.5. The molecule has 0 spiro atoms. The minimum atomic E-state index is -0.279. The summed E-state index contributed by atoms with van der Waals surface area (Å²) in [6.07, 6.45) is 13.4. The first kappa shape index (κ1) is 28.6. The van der Waals surface area contributed by atoms with Crippen molar-refractivity contribution in [1.82, 2.24) is 9.97 Å². The van der Waals surface area contributed by atoms with Crippen LogP contribution in [-0.2, 0) is 0 Å². The second kappa shape index (κ2) is 13.7. The average Bonchev–Trinajstić information content (AvgIpc) is 3.79. The van der Waals surface area contributed by atoms with E-state index in [1.807, 2.05) is 60.7 Å². The lowest BCUT2D eigenvalue weighted by Gasteiger charge is -2.10. The lowest BCUT2D eigenvalue weighted by atomic mass is 10.1. The number of hydrogen-bond acceptors (Lipinski definition) is 7.